The SMILES string of the molecule is CCC(CC)NC(=O)C(C)Sc1cc(OC)ccc1N. The number of rotatable bonds is 7. The minimum Gasteiger partial charge on any atom is -0.497 e. The molecule has 1 amide bonds. The highest BCUT2D eigenvalue weighted by molar-refractivity contribution is 8.00. The molecule has 0 aliphatic heterocycles. The van der Waals surface area contributed by atoms with Crippen LogP contribution in [0.5, 0.6) is 5.75 Å². The molecule has 0 aliphatic carbocycles. The molecule has 0 spiro atoms. The first-order valence-corrected chi connectivity index (χ1v) is 7.80. The van der Waals surface area contributed by atoms with Crippen LogP contribution in [-0.4, -0.2) is 24.3 Å². The number of hydrogen-bond donors (Lipinski definition) is 2. The van der Waals surface area contributed by atoms with Crippen molar-refractivity contribution >= 4 is 23.4 Å². The third kappa shape index (κ3) is 4.63. The molecule has 20 heavy (non-hydrogen) atoms. The molecule has 1 aromatic carbocycles. The molecule has 0 saturated heterocycles. The number of ether oxygens (including phenoxy) is 1. The number of hydrogen-bond acceptors (Lipinski definition) is 4. The molecular weight excluding hydrogens is 272 g/mol. The van der Waals surface area contributed by atoms with Crippen molar-refractivity contribution < 1.29 is 9.53 Å². The standard InChI is InChI=1S/C15H24N2O2S/c1-5-11(6-2)17-15(18)10(3)20-14-9-12(19-4)7-8-13(14)16/h7-11H,5-6,16H2,1-4H3,(H,17,18). The highest BCUT2D eigenvalue weighted by Gasteiger charge is 2.18. The van der Waals surface area contributed by atoms with Crippen LogP contribution in [0.25, 0.3) is 0 Å². The Bertz CT molecular complexity index is 447. The van der Waals surface area contributed by atoms with Gasteiger partial charge < -0.3 is 15.8 Å². The van der Waals surface area contributed by atoms with Crippen molar-refractivity contribution in [2.24, 2.45) is 0 Å². The predicted molar refractivity (Wildman–Crippen MR) is 85.2 cm³/mol. The van der Waals surface area contributed by atoms with Gasteiger partial charge in [-0.05, 0) is 38.0 Å². The fraction of sp³-hybridized carbons (Fsp3) is 0.533. The lowest BCUT2D eigenvalue weighted by molar-refractivity contribution is -0.121. The maximum Gasteiger partial charge on any atom is 0.233 e. The number of benzene rings is 1. The second kappa shape index (κ2) is 8.04. The molecule has 0 aromatic heterocycles. The van der Waals surface area contributed by atoms with E-state index in [1.165, 1.54) is 11.8 Å². The lowest BCUT2D eigenvalue weighted by Gasteiger charge is -2.18. The van der Waals surface area contributed by atoms with Gasteiger partial charge in [0, 0.05) is 16.6 Å². The fourth-order valence-electron chi connectivity index (χ4n) is 1.80. The Morgan fingerprint density at radius 2 is 2.05 bits per heavy atom. The van der Waals surface area contributed by atoms with E-state index in [4.69, 9.17) is 10.5 Å². The maximum absolute atomic E-state index is 12.1. The van der Waals surface area contributed by atoms with Crippen LogP contribution in [0.15, 0.2) is 23.1 Å². The van der Waals surface area contributed by atoms with E-state index in [1.54, 1.807) is 13.2 Å². The number of nitrogens with one attached hydrogen (secondary N) is 1. The average Bonchev–Trinajstić information content (AvgIpc) is 2.46. The third-order valence-corrected chi connectivity index (χ3v) is 4.40. The largest absolute Gasteiger partial charge is 0.497 e. The fourth-order valence-corrected chi connectivity index (χ4v) is 2.74. The zero-order valence-electron chi connectivity index (χ0n) is 12.6. The van der Waals surface area contributed by atoms with E-state index in [9.17, 15) is 4.79 Å². The topological polar surface area (TPSA) is 64.3 Å². The number of thioether (sulfide) groups is 1. The summed E-state index contributed by atoms with van der Waals surface area (Å²) in [6.45, 7) is 6.04. The second-order valence-electron chi connectivity index (χ2n) is 4.69. The zero-order chi connectivity index (χ0) is 15.1. The van der Waals surface area contributed by atoms with Crippen LogP contribution < -0.4 is 15.8 Å². The van der Waals surface area contributed by atoms with E-state index in [-0.39, 0.29) is 17.2 Å². The van der Waals surface area contributed by atoms with Crippen LogP contribution in [0.3, 0.4) is 0 Å². The highest BCUT2D eigenvalue weighted by Crippen LogP contribution is 2.32. The molecule has 4 nitrogen and oxygen atoms in total. The van der Waals surface area contributed by atoms with Crippen molar-refractivity contribution in [3.8, 4) is 5.75 Å². The van der Waals surface area contributed by atoms with Crippen molar-refractivity contribution in [2.75, 3.05) is 12.8 Å². The van der Waals surface area contributed by atoms with Gasteiger partial charge in [-0.15, -0.1) is 11.8 Å². The van der Waals surface area contributed by atoms with Crippen LogP contribution >= 0.6 is 11.8 Å². The Labute approximate surface area is 125 Å². The molecule has 0 bridgehead atoms. The number of methoxy groups -OCH3 is 1. The van der Waals surface area contributed by atoms with Gasteiger partial charge in [-0.1, -0.05) is 13.8 Å². The summed E-state index contributed by atoms with van der Waals surface area (Å²) in [6, 6.07) is 5.72. The molecule has 1 rings (SSSR count). The van der Waals surface area contributed by atoms with Gasteiger partial charge in [0.25, 0.3) is 0 Å². The Hall–Kier alpha value is -1.36. The van der Waals surface area contributed by atoms with Gasteiger partial charge in [-0.2, -0.15) is 0 Å². The lowest BCUT2D eigenvalue weighted by atomic mass is 10.2. The Balaban J connectivity index is 2.70. The Morgan fingerprint density at radius 3 is 2.60 bits per heavy atom. The smallest absolute Gasteiger partial charge is 0.233 e. The summed E-state index contributed by atoms with van der Waals surface area (Å²) in [5.41, 5.74) is 6.60. The van der Waals surface area contributed by atoms with E-state index in [0.717, 1.165) is 23.5 Å². The van der Waals surface area contributed by atoms with Crippen LogP contribution in [0, 0.1) is 0 Å². The van der Waals surface area contributed by atoms with Gasteiger partial charge >= 0.3 is 0 Å². The molecule has 1 atom stereocenters. The number of carbonyl (C=O) groups is 1. The molecule has 112 valence electrons. The van der Waals surface area contributed by atoms with Crippen LogP contribution in [-0.2, 0) is 4.79 Å². The molecule has 0 heterocycles. The molecule has 5 heteroatoms. The molecule has 0 fully saturated rings. The first-order chi connectivity index (χ1) is 9.51. The molecule has 0 aliphatic rings. The number of nitrogen functional groups attached to an aromatic ring is 1. The Kier molecular flexibility index (Phi) is 6.71. The number of anilines is 1. The zero-order valence-corrected chi connectivity index (χ0v) is 13.4. The summed E-state index contributed by atoms with van der Waals surface area (Å²) in [7, 11) is 1.61. The minimum atomic E-state index is -0.190. The minimum absolute atomic E-state index is 0.0471. The van der Waals surface area contributed by atoms with Crippen LogP contribution in [0.1, 0.15) is 33.6 Å². The van der Waals surface area contributed by atoms with Gasteiger partial charge in [0.15, 0.2) is 0 Å². The van der Waals surface area contributed by atoms with E-state index >= 15 is 0 Å². The molecule has 0 saturated carbocycles. The molecule has 1 aromatic rings. The summed E-state index contributed by atoms with van der Waals surface area (Å²) >= 11 is 1.45. The Morgan fingerprint density at radius 1 is 1.40 bits per heavy atom. The van der Waals surface area contributed by atoms with Gasteiger partial charge in [0.1, 0.15) is 5.75 Å². The average molecular weight is 296 g/mol. The van der Waals surface area contributed by atoms with Crippen molar-refractivity contribution in [2.45, 2.75) is 49.8 Å². The summed E-state index contributed by atoms with van der Waals surface area (Å²) in [5, 5.41) is 2.86. The van der Waals surface area contributed by atoms with Gasteiger partial charge in [0.05, 0.1) is 12.4 Å². The van der Waals surface area contributed by atoms with E-state index < -0.39 is 0 Å². The van der Waals surface area contributed by atoms with Gasteiger partial charge in [-0.3, -0.25) is 4.79 Å². The maximum atomic E-state index is 12.1. The number of carbonyl (C=O) groups excluding carboxylic acids is 1. The summed E-state index contributed by atoms with van der Waals surface area (Å²) in [6.07, 6.45) is 1.89. The molecule has 3 N–H and O–H groups in total. The molecule has 1 unspecified atom stereocenters. The second-order valence-corrected chi connectivity index (χ2v) is 6.07. The van der Waals surface area contributed by atoms with Gasteiger partial charge in [0.2, 0.25) is 5.91 Å². The van der Waals surface area contributed by atoms with Crippen molar-refractivity contribution in [3.63, 3.8) is 0 Å². The number of nitrogens with two attached hydrogens (primary N) is 1. The predicted octanol–water partition coefficient (Wildman–Crippen LogP) is 3.06. The van der Waals surface area contributed by atoms with E-state index in [0.29, 0.717) is 5.69 Å². The van der Waals surface area contributed by atoms with Gasteiger partial charge in [-0.25, -0.2) is 0 Å². The summed E-state index contributed by atoms with van der Waals surface area (Å²) < 4.78 is 5.18. The normalized spacial score (nSPS) is 12.2. The summed E-state index contributed by atoms with van der Waals surface area (Å²) in [4.78, 5) is 13.0. The van der Waals surface area contributed by atoms with E-state index in [1.807, 2.05) is 19.1 Å². The highest BCUT2D eigenvalue weighted by atomic mass is 32.2. The first-order valence-electron chi connectivity index (χ1n) is 6.92. The third-order valence-electron chi connectivity index (χ3n) is 3.23. The van der Waals surface area contributed by atoms with Crippen molar-refractivity contribution in [3.05, 3.63) is 18.2 Å². The van der Waals surface area contributed by atoms with Crippen LogP contribution in [0.4, 0.5) is 5.69 Å². The lowest BCUT2D eigenvalue weighted by Crippen LogP contribution is -2.38. The van der Waals surface area contributed by atoms with Crippen molar-refractivity contribution in [1.29, 1.82) is 0 Å². The monoisotopic (exact) mass is 296 g/mol. The van der Waals surface area contributed by atoms with E-state index in [2.05, 4.69) is 19.2 Å². The quantitative estimate of drug-likeness (QED) is 0.599. The summed E-state index contributed by atoms with van der Waals surface area (Å²) in [5.74, 6) is 0.792. The number of amides is 1. The van der Waals surface area contributed by atoms with Crippen molar-refractivity contribution in [1.82, 2.24) is 5.32 Å². The first kappa shape index (κ1) is 16.7. The molecule has 0 radical (unpaired) electrons. The molecular formula is C15H24N2O2S. The van der Waals surface area contributed by atoms with Crippen LogP contribution in [0.2, 0.25) is 0 Å².